The average molecular weight is 1480 g/mol. The molecular formula is C85H138O16P2. The summed E-state index contributed by atoms with van der Waals surface area (Å²) in [6.07, 6.45) is 97.8. The Morgan fingerprint density at radius 1 is 0.272 bits per heavy atom. The number of carbonyl (C=O) groups excluding carboxylic acids is 3. The molecule has 0 fully saturated rings. The monoisotopic (exact) mass is 1480 g/mol. The highest BCUT2D eigenvalue weighted by Crippen LogP contribution is 2.45. The fourth-order valence-electron chi connectivity index (χ4n) is 9.77. The second-order valence-electron chi connectivity index (χ2n) is 25.4. The molecule has 584 valence electrons. The lowest BCUT2D eigenvalue weighted by Crippen LogP contribution is -2.30. The number of esters is 3. The van der Waals surface area contributed by atoms with Crippen LogP contribution in [0.25, 0.3) is 0 Å². The molecular weight excluding hydrogens is 1340 g/mol. The standard InChI is InChI=1S/C85H138O16P2/c1-4-7-10-13-16-19-22-25-28-31-34-37-38-39-40-43-45-47-50-53-56-59-62-65-68-71-83(88)95-74-80(86)75-97-102(91,92)98-76-81(87)77-99-103(93,94)100-79-82(101-85(90)73-70-67-64-61-58-55-52-49-46-42-36-33-30-27-24-21-18-15-12-9-6-3)78-96-84(89)72-69-66-63-60-57-54-51-48-44-41-35-32-29-26-23-20-17-14-11-8-5-2/h7-12,16-21,25-30,34-37,39-42,48-49,51-52,80-82,86-87H,4-6,13-15,22-24,31-33,38,43-47,50,53-79H2,1-3H3,(H,91,92)(H,93,94)/b10-7-,11-8-,12-9-,19-16-,20-17-,21-18-,28-25-,29-26-,30-27-,37-34-,40-39-,41-35-,42-36-,51-48-,52-49-. The molecule has 0 aromatic carbocycles. The molecule has 0 spiro atoms. The van der Waals surface area contributed by atoms with Crippen LogP contribution in [0.1, 0.15) is 278 Å². The van der Waals surface area contributed by atoms with Gasteiger partial charge in [-0.05, 0) is 154 Å². The van der Waals surface area contributed by atoms with Crippen LogP contribution < -0.4 is 0 Å². The molecule has 5 unspecified atom stereocenters. The van der Waals surface area contributed by atoms with Gasteiger partial charge in [0.25, 0.3) is 0 Å². The Balaban J connectivity index is 4.73. The Labute approximate surface area is 624 Å². The van der Waals surface area contributed by atoms with Crippen molar-refractivity contribution < 1.29 is 75.8 Å². The third-order valence-electron chi connectivity index (χ3n) is 15.6. The van der Waals surface area contributed by atoms with E-state index in [9.17, 15) is 43.5 Å². The molecule has 0 aromatic heterocycles. The van der Waals surface area contributed by atoms with Gasteiger partial charge in [-0.3, -0.25) is 32.5 Å². The molecule has 18 heteroatoms. The zero-order chi connectivity index (χ0) is 75.2. The Morgan fingerprint density at radius 2 is 0.485 bits per heavy atom. The molecule has 0 aromatic rings. The van der Waals surface area contributed by atoms with Crippen LogP contribution in [0.15, 0.2) is 182 Å². The van der Waals surface area contributed by atoms with E-state index < -0.39 is 91.5 Å². The lowest BCUT2D eigenvalue weighted by Gasteiger charge is -2.21. The van der Waals surface area contributed by atoms with E-state index in [2.05, 4.69) is 203 Å². The van der Waals surface area contributed by atoms with Crippen molar-refractivity contribution in [2.24, 2.45) is 0 Å². The number of aliphatic hydroxyl groups excluding tert-OH is 2. The molecule has 0 radical (unpaired) electrons. The summed E-state index contributed by atoms with van der Waals surface area (Å²) in [6, 6.07) is 0. The zero-order valence-corrected chi connectivity index (χ0v) is 65.5. The fourth-order valence-corrected chi connectivity index (χ4v) is 11.4. The highest BCUT2D eigenvalue weighted by atomic mass is 31.2. The minimum absolute atomic E-state index is 0.0701. The summed E-state index contributed by atoms with van der Waals surface area (Å²) < 4.78 is 61.2. The Hall–Kier alpha value is -5.35. The van der Waals surface area contributed by atoms with Crippen molar-refractivity contribution >= 4 is 33.6 Å². The second kappa shape index (κ2) is 76.3. The van der Waals surface area contributed by atoms with E-state index in [0.717, 1.165) is 193 Å². The van der Waals surface area contributed by atoms with Crippen molar-refractivity contribution in [1.82, 2.24) is 0 Å². The van der Waals surface area contributed by atoms with Crippen molar-refractivity contribution in [2.45, 2.75) is 296 Å². The van der Waals surface area contributed by atoms with E-state index in [1.807, 2.05) is 0 Å². The smallest absolute Gasteiger partial charge is 0.463 e. The Bertz CT molecular complexity index is 2600. The van der Waals surface area contributed by atoms with Gasteiger partial charge < -0.3 is 34.2 Å². The molecule has 16 nitrogen and oxygen atoms in total. The SMILES string of the molecule is CC/C=C\C/C=C\C/C=C\C/C=C\C/C=C\CCCCCCCCCCCC(=O)OCC(O)COP(=O)(O)OCC(O)COP(=O)(O)OCC(COC(=O)CCCCCCC/C=C\C/C=C\C/C=C\C/C=C\C/C=C\CC)OC(=O)CCCCCCC/C=C\C/C=C\C/C=C\C/C=C\C/C=C\CC. The van der Waals surface area contributed by atoms with E-state index in [1.165, 1.54) is 25.7 Å². The molecule has 4 N–H and O–H groups in total. The van der Waals surface area contributed by atoms with Crippen LogP contribution in [0.5, 0.6) is 0 Å². The van der Waals surface area contributed by atoms with Gasteiger partial charge in [0.15, 0.2) is 6.10 Å². The molecule has 0 saturated carbocycles. The summed E-state index contributed by atoms with van der Waals surface area (Å²) >= 11 is 0. The number of rotatable bonds is 72. The van der Waals surface area contributed by atoms with Gasteiger partial charge in [-0.2, -0.15) is 0 Å². The van der Waals surface area contributed by atoms with Crippen LogP contribution in [0.2, 0.25) is 0 Å². The number of phosphoric acid groups is 2. The highest BCUT2D eigenvalue weighted by molar-refractivity contribution is 7.47. The van der Waals surface area contributed by atoms with Gasteiger partial charge in [0.1, 0.15) is 25.4 Å². The summed E-state index contributed by atoms with van der Waals surface area (Å²) in [5.41, 5.74) is 0. The predicted octanol–water partition coefficient (Wildman–Crippen LogP) is 23.0. The lowest BCUT2D eigenvalue weighted by molar-refractivity contribution is -0.161. The molecule has 0 saturated heterocycles. The molecule has 0 heterocycles. The minimum atomic E-state index is -4.95. The predicted molar refractivity (Wildman–Crippen MR) is 426 cm³/mol. The zero-order valence-electron chi connectivity index (χ0n) is 63.7. The van der Waals surface area contributed by atoms with E-state index in [-0.39, 0.29) is 19.3 Å². The third kappa shape index (κ3) is 77.6. The van der Waals surface area contributed by atoms with Gasteiger partial charge in [-0.15, -0.1) is 0 Å². The van der Waals surface area contributed by atoms with Crippen LogP contribution >= 0.6 is 15.6 Å². The summed E-state index contributed by atoms with van der Waals surface area (Å²) in [5, 5.41) is 20.6. The van der Waals surface area contributed by atoms with Gasteiger partial charge in [0.05, 0.1) is 26.4 Å². The van der Waals surface area contributed by atoms with Gasteiger partial charge in [-0.1, -0.05) is 287 Å². The van der Waals surface area contributed by atoms with Crippen LogP contribution in [0.4, 0.5) is 0 Å². The molecule has 103 heavy (non-hydrogen) atoms. The van der Waals surface area contributed by atoms with Crippen molar-refractivity contribution in [1.29, 1.82) is 0 Å². The maximum Gasteiger partial charge on any atom is 0.472 e. The summed E-state index contributed by atoms with van der Waals surface area (Å²) in [7, 11) is -9.82. The minimum Gasteiger partial charge on any atom is -0.463 e. The first-order chi connectivity index (χ1) is 50.2. The topological polar surface area (TPSA) is 231 Å². The number of carbonyl (C=O) groups is 3. The molecule has 0 amide bonds. The van der Waals surface area contributed by atoms with E-state index >= 15 is 0 Å². The maximum atomic E-state index is 13.0. The van der Waals surface area contributed by atoms with Crippen molar-refractivity contribution in [3.8, 4) is 0 Å². The number of ether oxygens (including phenoxy) is 3. The Kier molecular flexibility index (Phi) is 72.3. The third-order valence-corrected chi connectivity index (χ3v) is 17.5. The molecule has 0 aliphatic rings. The summed E-state index contributed by atoms with van der Waals surface area (Å²) in [4.78, 5) is 58.7. The molecule has 5 atom stereocenters. The van der Waals surface area contributed by atoms with E-state index in [1.54, 1.807) is 0 Å². The van der Waals surface area contributed by atoms with Crippen LogP contribution in [0.3, 0.4) is 0 Å². The van der Waals surface area contributed by atoms with Gasteiger partial charge in [0, 0.05) is 19.3 Å². The quantitative estimate of drug-likeness (QED) is 0.0146. The van der Waals surface area contributed by atoms with E-state index in [4.69, 9.17) is 32.3 Å². The number of unbranched alkanes of at least 4 members (excludes halogenated alkanes) is 19. The normalized spacial score (nSPS) is 15.0. The number of hydrogen-bond donors (Lipinski definition) is 4. The van der Waals surface area contributed by atoms with Crippen LogP contribution in [-0.2, 0) is 55.8 Å². The molecule has 0 aliphatic carbocycles. The maximum absolute atomic E-state index is 13.0. The number of phosphoric ester groups is 2. The Morgan fingerprint density at radius 3 is 0.767 bits per heavy atom. The van der Waals surface area contributed by atoms with Crippen molar-refractivity contribution in [3.05, 3.63) is 182 Å². The summed E-state index contributed by atoms with van der Waals surface area (Å²) in [5.74, 6) is -1.64. The first-order valence-corrected chi connectivity index (χ1v) is 42.1. The molecule has 0 aliphatic heterocycles. The second-order valence-corrected chi connectivity index (χ2v) is 28.3. The molecule has 0 rings (SSSR count). The van der Waals surface area contributed by atoms with Gasteiger partial charge in [-0.25, -0.2) is 9.13 Å². The largest absolute Gasteiger partial charge is 0.472 e. The van der Waals surface area contributed by atoms with Crippen molar-refractivity contribution in [3.63, 3.8) is 0 Å². The molecule has 0 bridgehead atoms. The van der Waals surface area contributed by atoms with Crippen LogP contribution in [-0.4, -0.2) is 95.9 Å². The number of hydrogen-bond acceptors (Lipinski definition) is 14. The van der Waals surface area contributed by atoms with Gasteiger partial charge in [0.2, 0.25) is 0 Å². The fraction of sp³-hybridized carbons (Fsp3) is 0.612. The van der Waals surface area contributed by atoms with Gasteiger partial charge >= 0.3 is 33.6 Å². The average Bonchev–Trinajstić information content (AvgIpc) is 0.921. The summed E-state index contributed by atoms with van der Waals surface area (Å²) in [6.45, 7) is 2.27. The van der Waals surface area contributed by atoms with Crippen LogP contribution in [0, 0.1) is 0 Å². The first kappa shape index (κ1) is 97.7. The lowest BCUT2D eigenvalue weighted by atomic mass is 10.1. The highest BCUT2D eigenvalue weighted by Gasteiger charge is 2.29. The van der Waals surface area contributed by atoms with E-state index in [0.29, 0.717) is 19.3 Å². The van der Waals surface area contributed by atoms with Crippen molar-refractivity contribution in [2.75, 3.05) is 39.6 Å². The number of aliphatic hydroxyl groups is 2. The first-order valence-electron chi connectivity index (χ1n) is 39.1. The number of allylic oxidation sites excluding steroid dienone is 30.